The van der Waals surface area contributed by atoms with Crippen molar-refractivity contribution >= 4 is 39.5 Å². The average molecular weight is 548 g/mol. The second-order valence-corrected chi connectivity index (χ2v) is 9.91. The third-order valence-electron chi connectivity index (χ3n) is 5.44. The SMILES string of the molecule is CC(C)Oc1ccnc2cc(C(=O)NCC(NC(=O)OCc3ccccc3)C(=O)OCc3ccccc3)sc12. The summed E-state index contributed by atoms with van der Waals surface area (Å²) >= 11 is 1.23. The van der Waals surface area contributed by atoms with Gasteiger partial charge >= 0.3 is 12.1 Å². The number of carbonyl (C=O) groups excluding carboxylic acids is 3. The van der Waals surface area contributed by atoms with Gasteiger partial charge in [0.1, 0.15) is 25.0 Å². The summed E-state index contributed by atoms with van der Waals surface area (Å²) in [5.74, 6) is -0.487. The van der Waals surface area contributed by atoms with Gasteiger partial charge in [0.2, 0.25) is 0 Å². The van der Waals surface area contributed by atoms with Crippen LogP contribution in [0, 0.1) is 0 Å². The highest BCUT2D eigenvalue weighted by molar-refractivity contribution is 7.21. The molecule has 39 heavy (non-hydrogen) atoms. The van der Waals surface area contributed by atoms with E-state index in [1.165, 1.54) is 11.3 Å². The van der Waals surface area contributed by atoms with Gasteiger partial charge in [0.25, 0.3) is 5.91 Å². The zero-order valence-electron chi connectivity index (χ0n) is 21.6. The molecule has 0 aliphatic rings. The molecule has 0 bridgehead atoms. The number of pyridine rings is 1. The molecule has 1 atom stereocenters. The summed E-state index contributed by atoms with van der Waals surface area (Å²) in [5, 5.41) is 5.22. The number of aromatic nitrogens is 1. The van der Waals surface area contributed by atoms with Crippen LogP contribution in [0.25, 0.3) is 10.2 Å². The minimum atomic E-state index is -1.17. The molecule has 2 aromatic heterocycles. The molecule has 2 heterocycles. The van der Waals surface area contributed by atoms with Gasteiger partial charge in [-0.15, -0.1) is 11.3 Å². The van der Waals surface area contributed by atoms with Crippen molar-refractivity contribution in [3.05, 3.63) is 95.0 Å². The monoisotopic (exact) mass is 547 g/mol. The normalized spacial score (nSPS) is 11.6. The van der Waals surface area contributed by atoms with E-state index in [1.54, 1.807) is 18.3 Å². The number of hydrogen-bond donors (Lipinski definition) is 2. The van der Waals surface area contributed by atoms with Crippen LogP contribution in [-0.2, 0) is 27.5 Å². The Morgan fingerprint density at radius 3 is 2.18 bits per heavy atom. The quantitative estimate of drug-likeness (QED) is 0.258. The molecule has 9 nitrogen and oxygen atoms in total. The Bertz CT molecular complexity index is 1410. The third-order valence-corrected chi connectivity index (χ3v) is 6.58. The molecule has 10 heteroatoms. The molecular formula is C29H29N3O6S. The van der Waals surface area contributed by atoms with Crippen LogP contribution >= 0.6 is 11.3 Å². The predicted octanol–water partition coefficient (Wildman–Crippen LogP) is 4.85. The molecule has 4 aromatic rings. The first-order valence-electron chi connectivity index (χ1n) is 12.4. The van der Waals surface area contributed by atoms with Gasteiger partial charge in [-0.1, -0.05) is 60.7 Å². The maximum Gasteiger partial charge on any atom is 0.408 e. The number of hydrogen-bond acceptors (Lipinski definition) is 8. The highest BCUT2D eigenvalue weighted by Crippen LogP contribution is 2.32. The average Bonchev–Trinajstić information content (AvgIpc) is 3.39. The van der Waals surface area contributed by atoms with Crippen LogP contribution in [0.15, 0.2) is 79.0 Å². The number of alkyl carbamates (subject to hydrolysis) is 1. The fourth-order valence-corrected chi connectivity index (χ4v) is 4.57. The van der Waals surface area contributed by atoms with E-state index in [-0.39, 0.29) is 25.9 Å². The molecule has 0 aliphatic carbocycles. The fraction of sp³-hybridized carbons (Fsp3) is 0.241. The number of amides is 2. The molecule has 4 rings (SSSR count). The van der Waals surface area contributed by atoms with Crippen LogP contribution in [0.4, 0.5) is 4.79 Å². The molecule has 0 fully saturated rings. The van der Waals surface area contributed by atoms with Crippen molar-refractivity contribution in [2.24, 2.45) is 0 Å². The van der Waals surface area contributed by atoms with E-state index in [4.69, 9.17) is 14.2 Å². The molecule has 202 valence electrons. The molecule has 2 amide bonds. The summed E-state index contributed by atoms with van der Waals surface area (Å²) in [6.45, 7) is 3.68. The minimum absolute atomic E-state index is 0.0193. The highest BCUT2D eigenvalue weighted by atomic mass is 32.1. The molecule has 0 radical (unpaired) electrons. The summed E-state index contributed by atoms with van der Waals surface area (Å²) in [7, 11) is 0. The highest BCUT2D eigenvalue weighted by Gasteiger charge is 2.25. The molecule has 0 saturated heterocycles. The van der Waals surface area contributed by atoms with Crippen LogP contribution in [0.5, 0.6) is 5.75 Å². The topological polar surface area (TPSA) is 116 Å². The number of nitrogens with zero attached hydrogens (tertiary/aromatic N) is 1. The molecule has 0 aliphatic heterocycles. The maximum atomic E-state index is 13.0. The predicted molar refractivity (Wildman–Crippen MR) is 148 cm³/mol. The summed E-state index contributed by atoms with van der Waals surface area (Å²) in [6.07, 6.45) is 0.778. The van der Waals surface area contributed by atoms with E-state index in [0.29, 0.717) is 16.1 Å². The lowest BCUT2D eigenvalue weighted by Gasteiger charge is -2.18. The van der Waals surface area contributed by atoms with Crippen LogP contribution in [0.3, 0.4) is 0 Å². The number of benzene rings is 2. The molecule has 2 N–H and O–H groups in total. The summed E-state index contributed by atoms with van der Waals surface area (Å²) in [5.41, 5.74) is 2.21. The zero-order valence-corrected chi connectivity index (χ0v) is 22.4. The number of thiophene rings is 1. The van der Waals surface area contributed by atoms with Crippen LogP contribution in [0.1, 0.15) is 34.6 Å². The van der Waals surface area contributed by atoms with E-state index in [9.17, 15) is 14.4 Å². The second kappa shape index (κ2) is 13.4. The van der Waals surface area contributed by atoms with Crippen molar-refractivity contribution in [1.82, 2.24) is 15.6 Å². The van der Waals surface area contributed by atoms with Crippen molar-refractivity contribution < 1.29 is 28.6 Å². The van der Waals surface area contributed by atoms with Gasteiger partial charge in [0, 0.05) is 12.7 Å². The third kappa shape index (κ3) is 8.02. The molecular weight excluding hydrogens is 518 g/mol. The Kier molecular flexibility index (Phi) is 9.47. The summed E-state index contributed by atoms with van der Waals surface area (Å²) in [4.78, 5) is 43.1. The first-order chi connectivity index (χ1) is 18.9. The van der Waals surface area contributed by atoms with Crippen molar-refractivity contribution in [2.45, 2.75) is 39.2 Å². The van der Waals surface area contributed by atoms with E-state index in [1.807, 2.05) is 74.5 Å². The number of rotatable bonds is 11. The van der Waals surface area contributed by atoms with Crippen LogP contribution in [0.2, 0.25) is 0 Å². The van der Waals surface area contributed by atoms with Gasteiger partial charge in [-0.2, -0.15) is 0 Å². The van der Waals surface area contributed by atoms with Gasteiger partial charge in [0.15, 0.2) is 0 Å². The van der Waals surface area contributed by atoms with Gasteiger partial charge in [-0.25, -0.2) is 9.59 Å². The largest absolute Gasteiger partial charge is 0.489 e. The van der Waals surface area contributed by atoms with Crippen LogP contribution in [-0.4, -0.2) is 41.6 Å². The molecule has 0 saturated carbocycles. The van der Waals surface area contributed by atoms with Crippen molar-refractivity contribution in [2.75, 3.05) is 6.54 Å². The lowest BCUT2D eigenvalue weighted by atomic mass is 10.2. The first-order valence-corrected chi connectivity index (χ1v) is 13.2. The minimum Gasteiger partial charge on any atom is -0.489 e. The number of esters is 1. The molecule has 2 aromatic carbocycles. The Balaban J connectivity index is 1.41. The van der Waals surface area contributed by atoms with Crippen LogP contribution < -0.4 is 15.4 Å². The van der Waals surface area contributed by atoms with Gasteiger partial charge < -0.3 is 24.8 Å². The fourth-order valence-electron chi connectivity index (χ4n) is 3.58. The first kappa shape index (κ1) is 27.6. The van der Waals surface area contributed by atoms with Crippen molar-refractivity contribution in [3.8, 4) is 5.75 Å². The second-order valence-electron chi connectivity index (χ2n) is 8.86. The van der Waals surface area contributed by atoms with Gasteiger partial charge in [0.05, 0.1) is 21.2 Å². The number of fused-ring (bicyclic) bond motifs is 1. The smallest absolute Gasteiger partial charge is 0.408 e. The van der Waals surface area contributed by atoms with Gasteiger partial charge in [-0.3, -0.25) is 9.78 Å². The van der Waals surface area contributed by atoms with Crippen molar-refractivity contribution in [1.29, 1.82) is 0 Å². The Hall–Kier alpha value is -4.44. The standard InChI is InChI=1S/C29H29N3O6S/c1-19(2)38-24-13-14-30-22-15-25(39-26(22)24)27(33)31-16-23(28(34)36-17-20-9-5-3-6-10-20)32-29(35)37-18-21-11-7-4-8-12-21/h3-15,19,23H,16-18H2,1-2H3,(H,31,33)(H,32,35). The lowest BCUT2D eigenvalue weighted by Crippen LogP contribution is -2.49. The number of ether oxygens (including phenoxy) is 3. The zero-order chi connectivity index (χ0) is 27.6. The Morgan fingerprint density at radius 1 is 0.897 bits per heavy atom. The number of nitrogens with one attached hydrogen (secondary N) is 2. The van der Waals surface area contributed by atoms with Crippen molar-refractivity contribution in [3.63, 3.8) is 0 Å². The molecule has 0 spiro atoms. The Morgan fingerprint density at radius 2 is 1.54 bits per heavy atom. The van der Waals surface area contributed by atoms with E-state index in [0.717, 1.165) is 15.8 Å². The van der Waals surface area contributed by atoms with E-state index >= 15 is 0 Å². The van der Waals surface area contributed by atoms with E-state index in [2.05, 4.69) is 15.6 Å². The van der Waals surface area contributed by atoms with Gasteiger partial charge in [-0.05, 0) is 37.1 Å². The summed E-state index contributed by atoms with van der Waals surface area (Å²) in [6, 6.07) is 20.5. The summed E-state index contributed by atoms with van der Waals surface area (Å²) < 4.78 is 17.2. The molecule has 1 unspecified atom stereocenters. The lowest BCUT2D eigenvalue weighted by molar-refractivity contribution is -0.147. The maximum absolute atomic E-state index is 13.0. The Labute approximate surface area is 230 Å². The number of carbonyl (C=O) groups is 3. The van der Waals surface area contributed by atoms with E-state index < -0.39 is 24.0 Å².